The van der Waals surface area contributed by atoms with Gasteiger partial charge < -0.3 is 33.9 Å². The summed E-state index contributed by atoms with van der Waals surface area (Å²) in [4.78, 5) is 48.8. The molecule has 12 nitrogen and oxygen atoms in total. The Kier molecular flexibility index (Phi) is 20.8. The molecule has 52 heavy (non-hydrogen) atoms. The van der Waals surface area contributed by atoms with Crippen LogP contribution in [0.2, 0.25) is 0 Å². The normalized spacial score (nSPS) is 14.2. The third kappa shape index (κ3) is 13.5. The van der Waals surface area contributed by atoms with Gasteiger partial charge in [-0.05, 0) is 30.4 Å². The molecule has 1 saturated heterocycles. The van der Waals surface area contributed by atoms with Crippen molar-refractivity contribution in [3.63, 3.8) is 0 Å². The number of hydrogen-bond acceptors (Lipinski definition) is 10. The summed E-state index contributed by atoms with van der Waals surface area (Å²) in [5.41, 5.74) is 3.10. The van der Waals surface area contributed by atoms with E-state index in [4.69, 9.17) is 33.7 Å². The van der Waals surface area contributed by atoms with Crippen molar-refractivity contribution >= 4 is 35.1 Å². The molecule has 0 spiro atoms. The van der Waals surface area contributed by atoms with Gasteiger partial charge in [0.2, 0.25) is 11.8 Å². The van der Waals surface area contributed by atoms with Crippen LogP contribution in [0, 0.1) is 5.92 Å². The first-order valence-corrected chi connectivity index (χ1v) is 17.8. The fourth-order valence-corrected chi connectivity index (χ4v) is 4.82. The standard InChI is InChI=1S/C32H36N4O8.C4H10.2C2H6/c1-6-8-9-13-43-32(39)33-18-28(37)36-19-22(15-25(36)31(38)42-5)44-30-29(21-12-10-11-20(7-2)14-21)34-23-16-26(40-3)27(41-4)17-24(23)35-30;1-4(2)3;2*1-2/h6-7,10-12,14,16-17,22,25H,1-2,8-9,13,15,18-19H2,3-5H3,(H,33,39);4H,1-3H3;2*1-2H3/t22-,25?;;;/m1.../s1. The number of fused-ring (bicyclic) bond motifs is 1. The molecule has 1 fully saturated rings. The van der Waals surface area contributed by atoms with Crippen molar-refractivity contribution in [1.29, 1.82) is 0 Å². The lowest BCUT2D eigenvalue weighted by Gasteiger charge is -2.22. The number of methoxy groups -OCH3 is 3. The molecular formula is C40H58N4O8. The van der Waals surface area contributed by atoms with E-state index >= 15 is 0 Å². The minimum Gasteiger partial charge on any atom is -0.493 e. The SMILES string of the molecule is C=CCCCOC(=O)NCC(=O)N1C[C@H](Oc2nc3cc(OC)c(OC)cc3nc2-c2cccc(C=C)c2)CC1C(=O)OC.CC.CC.CC(C)C. The number of aromatic nitrogens is 2. The van der Waals surface area contributed by atoms with Crippen LogP contribution in [-0.4, -0.2) is 86.0 Å². The van der Waals surface area contributed by atoms with Gasteiger partial charge in [-0.25, -0.2) is 19.6 Å². The summed E-state index contributed by atoms with van der Waals surface area (Å²) < 4.78 is 27.3. The molecule has 12 heteroatoms. The van der Waals surface area contributed by atoms with Crippen molar-refractivity contribution < 1.29 is 38.1 Å². The molecule has 0 bridgehead atoms. The molecule has 2 heterocycles. The summed E-state index contributed by atoms with van der Waals surface area (Å²) in [6.45, 7) is 21.9. The van der Waals surface area contributed by atoms with Crippen LogP contribution in [0.25, 0.3) is 28.4 Å². The predicted octanol–water partition coefficient (Wildman–Crippen LogP) is 7.89. The lowest BCUT2D eigenvalue weighted by molar-refractivity contribution is -0.150. The van der Waals surface area contributed by atoms with Gasteiger partial charge in [0.25, 0.3) is 0 Å². The van der Waals surface area contributed by atoms with Crippen LogP contribution in [-0.2, 0) is 19.1 Å². The van der Waals surface area contributed by atoms with Gasteiger partial charge in [0.05, 0.1) is 45.5 Å². The van der Waals surface area contributed by atoms with E-state index in [0.29, 0.717) is 41.1 Å². The zero-order chi connectivity index (χ0) is 39.2. The topological polar surface area (TPSA) is 138 Å². The first-order valence-electron chi connectivity index (χ1n) is 17.8. The van der Waals surface area contributed by atoms with Crippen LogP contribution >= 0.6 is 0 Å². The van der Waals surface area contributed by atoms with E-state index < -0.39 is 30.1 Å². The van der Waals surface area contributed by atoms with Crippen molar-refractivity contribution in [2.75, 3.05) is 41.0 Å². The number of likely N-dealkylation sites (tertiary alicyclic amines) is 1. The van der Waals surface area contributed by atoms with Gasteiger partial charge >= 0.3 is 12.1 Å². The van der Waals surface area contributed by atoms with Crippen LogP contribution in [0.5, 0.6) is 17.4 Å². The second-order valence-corrected chi connectivity index (χ2v) is 11.6. The zero-order valence-electron chi connectivity index (χ0n) is 32.6. The molecular weight excluding hydrogens is 664 g/mol. The molecule has 2 atom stereocenters. The van der Waals surface area contributed by atoms with Crippen LogP contribution in [0.15, 0.2) is 55.6 Å². The smallest absolute Gasteiger partial charge is 0.407 e. The lowest BCUT2D eigenvalue weighted by atomic mass is 10.1. The van der Waals surface area contributed by atoms with E-state index in [1.54, 1.807) is 24.3 Å². The lowest BCUT2D eigenvalue weighted by Crippen LogP contribution is -2.46. The third-order valence-corrected chi connectivity index (χ3v) is 7.04. The minimum absolute atomic E-state index is 0.0481. The van der Waals surface area contributed by atoms with E-state index in [1.165, 1.54) is 26.2 Å². The van der Waals surface area contributed by atoms with Gasteiger partial charge in [0.15, 0.2) is 11.5 Å². The molecule has 1 N–H and O–H groups in total. The highest BCUT2D eigenvalue weighted by Gasteiger charge is 2.42. The number of carbonyl (C=O) groups is 3. The molecule has 0 aliphatic carbocycles. The first kappa shape index (κ1) is 44.9. The van der Waals surface area contributed by atoms with Crippen LogP contribution < -0.4 is 19.5 Å². The summed E-state index contributed by atoms with van der Waals surface area (Å²) in [6.07, 6.45) is 3.55. The van der Waals surface area contributed by atoms with Crippen LogP contribution in [0.3, 0.4) is 0 Å². The molecule has 4 rings (SSSR count). The number of nitrogens with zero attached hydrogens (tertiary/aromatic N) is 3. The second-order valence-electron chi connectivity index (χ2n) is 11.6. The fraction of sp³-hybridized carbons (Fsp3) is 0.475. The fourth-order valence-electron chi connectivity index (χ4n) is 4.82. The van der Waals surface area contributed by atoms with E-state index in [1.807, 2.05) is 52.0 Å². The summed E-state index contributed by atoms with van der Waals surface area (Å²) in [5.74, 6) is 0.910. The number of nitrogens with one attached hydrogen (secondary N) is 1. The Balaban J connectivity index is 0.00000155. The third-order valence-electron chi connectivity index (χ3n) is 7.04. The molecule has 0 saturated carbocycles. The van der Waals surface area contributed by atoms with Crippen molar-refractivity contribution in [3.05, 3.63) is 61.2 Å². The summed E-state index contributed by atoms with van der Waals surface area (Å²) in [5, 5.41) is 2.44. The number of carbonyl (C=O) groups excluding carboxylic acids is 3. The average Bonchev–Trinajstić information content (AvgIpc) is 3.59. The van der Waals surface area contributed by atoms with Crippen LogP contribution in [0.1, 0.15) is 73.3 Å². The highest BCUT2D eigenvalue weighted by atomic mass is 16.5. The van der Waals surface area contributed by atoms with Crippen molar-refractivity contribution in [3.8, 4) is 28.6 Å². The Morgan fingerprint density at radius 2 is 1.58 bits per heavy atom. The van der Waals surface area contributed by atoms with Crippen molar-refractivity contribution in [2.45, 2.75) is 79.9 Å². The average molecular weight is 723 g/mol. The summed E-state index contributed by atoms with van der Waals surface area (Å²) >= 11 is 0. The number of rotatable bonds is 13. The number of amides is 2. The number of esters is 1. The Morgan fingerprint density at radius 3 is 2.13 bits per heavy atom. The largest absolute Gasteiger partial charge is 0.493 e. The van der Waals surface area contributed by atoms with Gasteiger partial charge in [0.1, 0.15) is 24.4 Å². The van der Waals surface area contributed by atoms with E-state index in [9.17, 15) is 14.4 Å². The van der Waals surface area contributed by atoms with E-state index in [2.05, 4.69) is 39.2 Å². The number of unbranched alkanes of at least 4 members (excludes halogenated alkanes) is 1. The molecule has 1 unspecified atom stereocenters. The van der Waals surface area contributed by atoms with E-state index in [-0.39, 0.29) is 32.0 Å². The number of hydrogen-bond donors (Lipinski definition) is 1. The molecule has 3 aromatic rings. The Hall–Kier alpha value is -5.13. The zero-order valence-corrected chi connectivity index (χ0v) is 32.6. The van der Waals surface area contributed by atoms with Gasteiger partial charge in [-0.2, -0.15) is 0 Å². The molecule has 2 amide bonds. The Morgan fingerprint density at radius 1 is 0.962 bits per heavy atom. The summed E-state index contributed by atoms with van der Waals surface area (Å²) in [6, 6.07) is 10.1. The molecule has 0 radical (unpaired) electrons. The van der Waals surface area contributed by atoms with Crippen molar-refractivity contribution in [1.82, 2.24) is 20.2 Å². The molecule has 1 aliphatic heterocycles. The number of alkyl carbamates (subject to hydrolysis) is 1. The van der Waals surface area contributed by atoms with Crippen LogP contribution in [0.4, 0.5) is 4.79 Å². The summed E-state index contributed by atoms with van der Waals surface area (Å²) in [7, 11) is 4.31. The highest BCUT2D eigenvalue weighted by Crippen LogP contribution is 2.36. The molecule has 286 valence electrons. The maximum absolute atomic E-state index is 13.1. The Labute approximate surface area is 309 Å². The number of benzene rings is 2. The van der Waals surface area contributed by atoms with Gasteiger partial charge in [-0.3, -0.25) is 4.79 Å². The maximum atomic E-state index is 13.1. The second kappa shape index (κ2) is 24.1. The van der Waals surface area contributed by atoms with E-state index in [0.717, 1.165) is 17.0 Å². The minimum atomic E-state index is -0.923. The quantitative estimate of drug-likeness (QED) is 0.105. The van der Waals surface area contributed by atoms with Gasteiger partial charge in [-0.15, -0.1) is 6.58 Å². The maximum Gasteiger partial charge on any atom is 0.407 e. The number of allylic oxidation sites excluding steroid dienone is 1. The highest BCUT2D eigenvalue weighted by molar-refractivity contribution is 5.88. The first-order chi connectivity index (χ1) is 25.0. The molecule has 1 aromatic heterocycles. The Bertz CT molecular complexity index is 1590. The molecule has 1 aliphatic rings. The predicted molar refractivity (Wildman–Crippen MR) is 207 cm³/mol. The van der Waals surface area contributed by atoms with Gasteiger partial charge in [-0.1, -0.05) is 85.4 Å². The monoisotopic (exact) mass is 722 g/mol. The number of ether oxygens (including phenoxy) is 5. The van der Waals surface area contributed by atoms with Gasteiger partial charge in [0, 0.05) is 24.1 Å². The molecule has 2 aromatic carbocycles. The van der Waals surface area contributed by atoms with Crippen molar-refractivity contribution in [2.24, 2.45) is 5.92 Å².